The lowest BCUT2D eigenvalue weighted by Gasteiger charge is -2.31. The first-order valence-electron chi connectivity index (χ1n) is 10.1. The minimum atomic E-state index is -0.0203. The van der Waals surface area contributed by atoms with Crippen molar-refractivity contribution in [2.24, 2.45) is 13.0 Å². The molecule has 1 N–H and O–H groups in total. The van der Waals surface area contributed by atoms with Gasteiger partial charge < -0.3 is 14.8 Å². The Labute approximate surface area is 170 Å². The fourth-order valence-electron chi connectivity index (χ4n) is 3.92. The van der Waals surface area contributed by atoms with Crippen LogP contribution in [0.4, 0.5) is 0 Å². The Balaban J connectivity index is 1.27. The van der Waals surface area contributed by atoms with E-state index in [-0.39, 0.29) is 17.7 Å². The zero-order valence-electron chi connectivity index (χ0n) is 16.7. The van der Waals surface area contributed by atoms with Gasteiger partial charge in [0.05, 0.1) is 17.4 Å². The lowest BCUT2D eigenvalue weighted by atomic mass is 9.95. The number of fused-ring (bicyclic) bond motifs is 1. The van der Waals surface area contributed by atoms with Crippen LogP contribution in [0.25, 0.3) is 11.0 Å². The van der Waals surface area contributed by atoms with E-state index in [0.29, 0.717) is 38.0 Å². The fraction of sp³-hybridized carbons (Fsp3) is 0.348. The highest BCUT2D eigenvalue weighted by Gasteiger charge is 2.27. The maximum absolute atomic E-state index is 12.8. The second-order valence-corrected chi connectivity index (χ2v) is 7.65. The molecule has 2 amide bonds. The zero-order chi connectivity index (χ0) is 20.2. The van der Waals surface area contributed by atoms with Crippen molar-refractivity contribution in [1.29, 1.82) is 0 Å². The van der Waals surface area contributed by atoms with Crippen LogP contribution >= 0.6 is 0 Å². The summed E-state index contributed by atoms with van der Waals surface area (Å²) in [5, 5.41) is 3.05. The maximum Gasteiger partial charge on any atom is 0.253 e. The Hall–Kier alpha value is -3.15. The lowest BCUT2D eigenvalue weighted by molar-refractivity contribution is -0.126. The van der Waals surface area contributed by atoms with Crippen molar-refractivity contribution in [2.75, 3.05) is 19.6 Å². The number of carbonyl (C=O) groups excluding carboxylic acids is 2. The summed E-state index contributed by atoms with van der Waals surface area (Å²) in [6.07, 6.45) is 3.99. The van der Waals surface area contributed by atoms with Gasteiger partial charge in [-0.25, -0.2) is 4.98 Å². The normalized spacial score (nSPS) is 14.9. The van der Waals surface area contributed by atoms with Gasteiger partial charge in [-0.3, -0.25) is 9.59 Å². The van der Waals surface area contributed by atoms with Gasteiger partial charge in [-0.2, -0.15) is 0 Å². The molecule has 6 heteroatoms. The van der Waals surface area contributed by atoms with Gasteiger partial charge in [0.2, 0.25) is 5.91 Å². The van der Waals surface area contributed by atoms with Gasteiger partial charge in [-0.1, -0.05) is 30.3 Å². The number of hydrogen-bond acceptors (Lipinski definition) is 3. The van der Waals surface area contributed by atoms with Gasteiger partial charge in [0.15, 0.2) is 0 Å². The maximum atomic E-state index is 12.8. The first kappa shape index (κ1) is 19.2. The second kappa shape index (κ2) is 8.47. The third-order valence-electron chi connectivity index (χ3n) is 5.68. The number of likely N-dealkylation sites (tertiary alicyclic amines) is 1. The molecule has 3 aromatic rings. The minimum Gasteiger partial charge on any atom is -0.356 e. The Morgan fingerprint density at radius 3 is 2.62 bits per heavy atom. The van der Waals surface area contributed by atoms with Crippen LogP contribution in [-0.2, 0) is 18.3 Å². The average Bonchev–Trinajstić information content (AvgIpc) is 3.14. The van der Waals surface area contributed by atoms with Gasteiger partial charge in [0.1, 0.15) is 0 Å². The number of piperidine rings is 1. The first-order valence-corrected chi connectivity index (χ1v) is 10.1. The molecular formula is C23H26N4O2. The summed E-state index contributed by atoms with van der Waals surface area (Å²) in [6.45, 7) is 1.86. The molecule has 0 aliphatic carbocycles. The zero-order valence-corrected chi connectivity index (χ0v) is 16.7. The largest absolute Gasteiger partial charge is 0.356 e. The first-order chi connectivity index (χ1) is 14.1. The summed E-state index contributed by atoms with van der Waals surface area (Å²) in [5.41, 5.74) is 3.71. The van der Waals surface area contributed by atoms with Crippen molar-refractivity contribution in [1.82, 2.24) is 19.8 Å². The smallest absolute Gasteiger partial charge is 0.253 e. The Morgan fingerprint density at radius 2 is 1.86 bits per heavy atom. The number of nitrogens with zero attached hydrogens (tertiary/aromatic N) is 3. The summed E-state index contributed by atoms with van der Waals surface area (Å²) in [6, 6.07) is 15.8. The minimum absolute atomic E-state index is 0.0143. The third kappa shape index (κ3) is 4.31. The summed E-state index contributed by atoms with van der Waals surface area (Å²) in [5.74, 6) is 0.0940. The Kier molecular flexibility index (Phi) is 5.60. The summed E-state index contributed by atoms with van der Waals surface area (Å²) in [4.78, 5) is 31.5. The molecule has 4 rings (SSSR count). The quantitative estimate of drug-likeness (QED) is 0.728. The van der Waals surface area contributed by atoms with Crippen molar-refractivity contribution in [3.8, 4) is 0 Å². The molecular weight excluding hydrogens is 364 g/mol. The van der Waals surface area contributed by atoms with E-state index >= 15 is 0 Å². The van der Waals surface area contributed by atoms with Crippen LogP contribution in [0.5, 0.6) is 0 Å². The highest BCUT2D eigenvalue weighted by Crippen LogP contribution is 2.21. The number of aromatic nitrogens is 2. The molecule has 0 bridgehead atoms. The highest BCUT2D eigenvalue weighted by atomic mass is 16.2. The number of hydrogen-bond donors (Lipinski definition) is 1. The number of rotatable bonds is 5. The number of carbonyl (C=O) groups is 2. The number of aryl methyl sites for hydroxylation is 1. The second-order valence-electron chi connectivity index (χ2n) is 7.65. The molecule has 1 aromatic heterocycles. The standard InChI is InChI=1S/C23H26N4O2/c1-26-16-25-20-15-19(7-8-21(20)26)23(29)27-13-10-18(11-14-27)22(28)24-12-9-17-5-3-2-4-6-17/h2-8,15-16,18H,9-14H2,1H3,(H,24,28). The monoisotopic (exact) mass is 390 g/mol. The van der Waals surface area contributed by atoms with Crippen LogP contribution in [-0.4, -0.2) is 45.9 Å². The number of amides is 2. The van der Waals surface area contributed by atoms with Crippen molar-refractivity contribution >= 4 is 22.8 Å². The molecule has 1 fully saturated rings. The van der Waals surface area contributed by atoms with E-state index in [1.54, 1.807) is 6.33 Å². The van der Waals surface area contributed by atoms with Crippen molar-refractivity contribution in [2.45, 2.75) is 19.3 Å². The molecule has 29 heavy (non-hydrogen) atoms. The summed E-state index contributed by atoms with van der Waals surface area (Å²) >= 11 is 0. The Bertz CT molecular complexity index is 1000. The topological polar surface area (TPSA) is 67.2 Å². The van der Waals surface area contributed by atoms with E-state index in [0.717, 1.165) is 17.5 Å². The van der Waals surface area contributed by atoms with Crippen LogP contribution in [0.15, 0.2) is 54.9 Å². The molecule has 2 aromatic carbocycles. The molecule has 1 aliphatic heterocycles. The lowest BCUT2D eigenvalue weighted by Crippen LogP contribution is -2.43. The molecule has 1 aliphatic rings. The Morgan fingerprint density at radius 1 is 1.10 bits per heavy atom. The van der Waals surface area contributed by atoms with Gasteiger partial charge in [0, 0.05) is 38.2 Å². The molecule has 2 heterocycles. The predicted molar refractivity (Wildman–Crippen MR) is 112 cm³/mol. The van der Waals surface area contributed by atoms with Crippen molar-refractivity contribution < 1.29 is 9.59 Å². The predicted octanol–water partition coefficient (Wildman–Crippen LogP) is 2.78. The SMILES string of the molecule is Cn1cnc2cc(C(=O)N3CCC(C(=O)NCCc4ccccc4)CC3)ccc21. The molecule has 0 atom stereocenters. The van der Waals surface area contributed by atoms with Gasteiger partial charge in [-0.15, -0.1) is 0 Å². The highest BCUT2D eigenvalue weighted by molar-refractivity contribution is 5.97. The van der Waals surface area contributed by atoms with Crippen LogP contribution in [0.1, 0.15) is 28.8 Å². The average molecular weight is 390 g/mol. The van der Waals surface area contributed by atoms with Gasteiger partial charge in [0.25, 0.3) is 5.91 Å². The van der Waals surface area contributed by atoms with Gasteiger partial charge in [-0.05, 0) is 43.0 Å². The molecule has 1 saturated heterocycles. The van der Waals surface area contributed by atoms with Crippen molar-refractivity contribution in [3.05, 3.63) is 66.0 Å². The van der Waals surface area contributed by atoms with E-state index < -0.39 is 0 Å². The molecule has 0 unspecified atom stereocenters. The molecule has 0 saturated carbocycles. The molecule has 150 valence electrons. The van der Waals surface area contributed by atoms with E-state index in [9.17, 15) is 9.59 Å². The van der Waals surface area contributed by atoms with E-state index in [1.165, 1.54) is 5.56 Å². The number of nitrogens with one attached hydrogen (secondary N) is 1. The van der Waals surface area contributed by atoms with Crippen LogP contribution in [0, 0.1) is 5.92 Å². The number of imidazole rings is 1. The fourth-order valence-corrected chi connectivity index (χ4v) is 3.92. The molecule has 0 radical (unpaired) electrons. The van der Waals surface area contributed by atoms with Crippen LogP contribution < -0.4 is 5.32 Å². The third-order valence-corrected chi connectivity index (χ3v) is 5.68. The molecule has 0 spiro atoms. The van der Waals surface area contributed by atoms with Crippen LogP contribution in [0.3, 0.4) is 0 Å². The number of benzene rings is 2. The van der Waals surface area contributed by atoms with E-state index in [2.05, 4.69) is 22.4 Å². The summed E-state index contributed by atoms with van der Waals surface area (Å²) in [7, 11) is 1.94. The van der Waals surface area contributed by atoms with E-state index in [4.69, 9.17) is 0 Å². The van der Waals surface area contributed by atoms with Crippen molar-refractivity contribution in [3.63, 3.8) is 0 Å². The molecule has 6 nitrogen and oxygen atoms in total. The van der Waals surface area contributed by atoms with E-state index in [1.807, 2.05) is 52.9 Å². The van der Waals surface area contributed by atoms with Gasteiger partial charge >= 0.3 is 0 Å². The van der Waals surface area contributed by atoms with Crippen LogP contribution in [0.2, 0.25) is 0 Å². The summed E-state index contributed by atoms with van der Waals surface area (Å²) < 4.78 is 1.94.